The molecule has 1 aliphatic rings. The summed E-state index contributed by atoms with van der Waals surface area (Å²) >= 11 is 0. The predicted molar refractivity (Wildman–Crippen MR) is 129 cm³/mol. The van der Waals surface area contributed by atoms with Crippen molar-refractivity contribution in [1.82, 2.24) is 10.2 Å². The number of amides is 1. The zero-order valence-corrected chi connectivity index (χ0v) is 18.8. The molecule has 2 heterocycles. The summed E-state index contributed by atoms with van der Waals surface area (Å²) in [4.78, 5) is 13.2. The lowest BCUT2D eigenvalue weighted by Gasteiger charge is -2.25. The number of aromatic amines is 1. The fraction of sp³-hybridized carbons (Fsp3) is 0.185. The molecular formula is C27H25N3O4. The first-order valence-corrected chi connectivity index (χ1v) is 11.1. The molecule has 0 spiro atoms. The van der Waals surface area contributed by atoms with Crippen LogP contribution in [-0.2, 0) is 17.8 Å². The van der Waals surface area contributed by atoms with E-state index in [1.165, 1.54) is 0 Å². The second kappa shape index (κ2) is 9.70. The van der Waals surface area contributed by atoms with Crippen molar-refractivity contribution in [2.24, 2.45) is 5.92 Å². The third kappa shape index (κ3) is 4.73. The highest BCUT2D eigenvalue weighted by Crippen LogP contribution is 2.34. The lowest BCUT2D eigenvalue weighted by atomic mass is 9.95. The summed E-state index contributed by atoms with van der Waals surface area (Å²) < 4.78 is 17.3. The molecule has 172 valence electrons. The third-order valence-corrected chi connectivity index (χ3v) is 5.85. The Balaban J connectivity index is 1.36. The Morgan fingerprint density at radius 1 is 1.12 bits per heavy atom. The van der Waals surface area contributed by atoms with Gasteiger partial charge in [-0.25, -0.2) is 0 Å². The molecule has 0 aliphatic carbocycles. The largest absolute Gasteiger partial charge is 0.497 e. The molecule has 2 N–H and O–H groups in total. The second-order valence-corrected chi connectivity index (χ2v) is 8.15. The quantitative estimate of drug-likeness (QED) is 0.416. The first-order chi connectivity index (χ1) is 16.7. The van der Waals surface area contributed by atoms with E-state index in [0.29, 0.717) is 31.1 Å². The van der Waals surface area contributed by atoms with Gasteiger partial charge >= 0.3 is 0 Å². The van der Waals surface area contributed by atoms with Gasteiger partial charge in [0.05, 0.1) is 24.9 Å². The molecule has 0 fully saturated rings. The van der Waals surface area contributed by atoms with Gasteiger partial charge in [0, 0.05) is 11.8 Å². The molecule has 1 aromatic heterocycles. The average molecular weight is 456 g/mol. The number of hydrogen-bond donors (Lipinski definition) is 2. The van der Waals surface area contributed by atoms with Gasteiger partial charge in [-0.05, 0) is 53.4 Å². The van der Waals surface area contributed by atoms with Crippen molar-refractivity contribution in [2.75, 3.05) is 19.0 Å². The molecule has 3 aromatic carbocycles. The van der Waals surface area contributed by atoms with Crippen molar-refractivity contribution in [3.8, 4) is 28.4 Å². The molecular weight excluding hydrogens is 430 g/mol. The predicted octanol–water partition coefficient (Wildman–Crippen LogP) is 4.85. The van der Waals surface area contributed by atoms with Crippen molar-refractivity contribution >= 4 is 11.6 Å². The van der Waals surface area contributed by atoms with Crippen LogP contribution in [0.25, 0.3) is 11.1 Å². The molecule has 7 heteroatoms. The summed E-state index contributed by atoms with van der Waals surface area (Å²) in [7, 11) is 1.62. The number of fused-ring (bicyclic) bond motifs is 1. The highest BCUT2D eigenvalue weighted by Gasteiger charge is 2.27. The second-order valence-electron chi connectivity index (χ2n) is 8.15. The van der Waals surface area contributed by atoms with Crippen LogP contribution in [0.2, 0.25) is 0 Å². The Morgan fingerprint density at radius 2 is 2.00 bits per heavy atom. The third-order valence-electron chi connectivity index (χ3n) is 5.85. The highest BCUT2D eigenvalue weighted by molar-refractivity contribution is 5.95. The smallest absolute Gasteiger partial charge is 0.231 e. The summed E-state index contributed by atoms with van der Waals surface area (Å²) in [5, 5.41) is 9.90. The molecule has 1 amide bonds. The maximum atomic E-state index is 13.2. The van der Waals surface area contributed by atoms with Crippen LogP contribution in [0.5, 0.6) is 17.2 Å². The summed E-state index contributed by atoms with van der Waals surface area (Å²) in [6, 6.07) is 21.3. The summed E-state index contributed by atoms with van der Waals surface area (Å²) in [5.41, 5.74) is 4.50. The van der Waals surface area contributed by atoms with Crippen LogP contribution in [0.3, 0.4) is 0 Å². The lowest BCUT2D eigenvalue weighted by molar-refractivity contribution is -0.121. The summed E-state index contributed by atoms with van der Waals surface area (Å²) in [5.74, 6) is 1.69. The number of benzene rings is 3. The molecule has 0 saturated carbocycles. The van der Waals surface area contributed by atoms with Gasteiger partial charge in [-0.3, -0.25) is 9.89 Å². The Bertz CT molecular complexity index is 1270. The van der Waals surface area contributed by atoms with Crippen LogP contribution in [0.1, 0.15) is 11.1 Å². The number of anilines is 1. The van der Waals surface area contributed by atoms with Gasteiger partial charge in [0.25, 0.3) is 0 Å². The Morgan fingerprint density at radius 3 is 2.79 bits per heavy atom. The van der Waals surface area contributed by atoms with Gasteiger partial charge in [-0.2, -0.15) is 5.10 Å². The van der Waals surface area contributed by atoms with Crippen LogP contribution in [0, 0.1) is 5.92 Å². The molecule has 0 radical (unpaired) electrons. The van der Waals surface area contributed by atoms with Gasteiger partial charge in [-0.15, -0.1) is 0 Å². The number of aromatic nitrogens is 2. The standard InChI is InChI=1S/C27H25N3O4/c1-32-23-8-10-25-20(12-23)11-21(17-34-25)27(31)30-24-9-7-19(22-14-28-29-15-22)13-26(24)33-16-18-5-3-2-4-6-18/h2-10,12-15,21H,11,16-17H2,1H3,(H,28,29)(H,30,31). The van der Waals surface area contributed by atoms with Crippen molar-refractivity contribution < 1.29 is 19.0 Å². The van der Waals surface area contributed by atoms with Gasteiger partial charge in [0.2, 0.25) is 5.91 Å². The molecule has 0 bridgehead atoms. The molecule has 34 heavy (non-hydrogen) atoms. The first kappa shape index (κ1) is 21.6. The molecule has 4 aromatic rings. The van der Waals surface area contributed by atoms with Crippen LogP contribution < -0.4 is 19.5 Å². The monoisotopic (exact) mass is 455 g/mol. The number of nitrogens with zero attached hydrogens (tertiary/aromatic N) is 1. The summed E-state index contributed by atoms with van der Waals surface area (Å²) in [6.07, 6.45) is 4.14. The average Bonchev–Trinajstić information content (AvgIpc) is 3.43. The Labute approximate surface area is 197 Å². The molecule has 7 nitrogen and oxygen atoms in total. The van der Waals surface area contributed by atoms with Crippen LogP contribution in [0.4, 0.5) is 5.69 Å². The van der Waals surface area contributed by atoms with E-state index in [4.69, 9.17) is 14.2 Å². The van der Waals surface area contributed by atoms with Gasteiger partial charge in [-0.1, -0.05) is 36.4 Å². The fourth-order valence-corrected chi connectivity index (χ4v) is 3.97. The zero-order chi connectivity index (χ0) is 23.3. The van der Waals surface area contributed by atoms with Crippen molar-refractivity contribution in [1.29, 1.82) is 0 Å². The van der Waals surface area contributed by atoms with Crippen molar-refractivity contribution in [3.63, 3.8) is 0 Å². The Hall–Kier alpha value is -4.26. The molecule has 1 atom stereocenters. The highest BCUT2D eigenvalue weighted by atomic mass is 16.5. The maximum Gasteiger partial charge on any atom is 0.231 e. The minimum atomic E-state index is -0.324. The van der Waals surface area contributed by atoms with E-state index in [-0.39, 0.29) is 11.8 Å². The molecule has 0 saturated heterocycles. The number of nitrogens with one attached hydrogen (secondary N) is 2. The van der Waals surface area contributed by atoms with E-state index >= 15 is 0 Å². The first-order valence-electron chi connectivity index (χ1n) is 11.1. The van der Waals surface area contributed by atoms with Gasteiger partial charge < -0.3 is 19.5 Å². The number of carbonyl (C=O) groups excluding carboxylic acids is 1. The van der Waals surface area contributed by atoms with Crippen LogP contribution in [-0.4, -0.2) is 29.8 Å². The zero-order valence-electron chi connectivity index (χ0n) is 18.8. The van der Waals surface area contributed by atoms with E-state index in [9.17, 15) is 4.79 Å². The van der Waals surface area contributed by atoms with Crippen LogP contribution >= 0.6 is 0 Å². The topological polar surface area (TPSA) is 85.5 Å². The normalized spacial score (nSPS) is 14.6. The number of carbonyl (C=O) groups is 1. The van der Waals surface area contributed by atoms with E-state index in [0.717, 1.165) is 33.8 Å². The molecule has 1 aliphatic heterocycles. The minimum Gasteiger partial charge on any atom is -0.497 e. The van der Waals surface area contributed by atoms with Gasteiger partial charge in [0.1, 0.15) is 30.5 Å². The summed E-state index contributed by atoms with van der Waals surface area (Å²) in [6.45, 7) is 0.705. The number of methoxy groups -OCH3 is 1. The molecule has 1 unspecified atom stereocenters. The van der Waals surface area contributed by atoms with Crippen molar-refractivity contribution in [3.05, 3.63) is 90.3 Å². The van der Waals surface area contributed by atoms with E-state index in [1.807, 2.05) is 72.9 Å². The van der Waals surface area contributed by atoms with E-state index < -0.39 is 0 Å². The SMILES string of the molecule is COc1ccc2c(c1)CC(C(=O)Nc1ccc(-c3cn[nH]c3)cc1OCc1ccccc1)CO2. The fourth-order valence-electron chi connectivity index (χ4n) is 3.97. The van der Waals surface area contributed by atoms with E-state index in [1.54, 1.807) is 13.3 Å². The van der Waals surface area contributed by atoms with Crippen molar-refractivity contribution in [2.45, 2.75) is 13.0 Å². The van der Waals surface area contributed by atoms with Gasteiger partial charge in [0.15, 0.2) is 0 Å². The number of rotatable bonds is 7. The van der Waals surface area contributed by atoms with E-state index in [2.05, 4.69) is 15.5 Å². The maximum absolute atomic E-state index is 13.2. The minimum absolute atomic E-state index is 0.117. The number of hydrogen-bond acceptors (Lipinski definition) is 5. The van der Waals surface area contributed by atoms with Crippen LogP contribution in [0.15, 0.2) is 79.1 Å². The number of H-pyrrole nitrogens is 1. The molecule has 5 rings (SSSR count). The Kier molecular flexibility index (Phi) is 6.16. The lowest BCUT2D eigenvalue weighted by Crippen LogP contribution is -2.32. The number of ether oxygens (including phenoxy) is 3.